The Labute approximate surface area is 154 Å². The summed E-state index contributed by atoms with van der Waals surface area (Å²) < 4.78 is 9.40. The number of nitrogens with one attached hydrogen (secondary N) is 1. The van der Waals surface area contributed by atoms with Gasteiger partial charge in [-0.2, -0.15) is 0 Å². The predicted molar refractivity (Wildman–Crippen MR) is 91.8 cm³/mol. The number of benzene rings is 1. The number of nitro benzene ring substituents is 1. The van der Waals surface area contributed by atoms with Crippen LogP contribution in [0.2, 0.25) is 5.02 Å². The minimum atomic E-state index is -1.05. The normalized spacial score (nSPS) is 11.6. The molecule has 0 aliphatic rings. The van der Waals surface area contributed by atoms with Crippen LogP contribution in [0, 0.1) is 16.0 Å². The summed E-state index contributed by atoms with van der Waals surface area (Å²) >= 11 is 5.67. The largest absolute Gasteiger partial charge is 0.467 e. The second-order valence-electron chi connectivity index (χ2n) is 5.77. The lowest BCUT2D eigenvalue weighted by Gasteiger charge is -2.18. The first-order chi connectivity index (χ1) is 12.1. The molecule has 1 atom stereocenters. The minimum absolute atomic E-state index is 0.0839. The molecule has 0 aromatic heterocycles. The predicted octanol–water partition coefficient (Wildman–Crippen LogP) is 2.11. The van der Waals surface area contributed by atoms with Crippen molar-refractivity contribution in [2.45, 2.75) is 26.3 Å². The average molecular weight is 387 g/mol. The summed E-state index contributed by atoms with van der Waals surface area (Å²) in [6.07, 6.45) is 0.342. The molecule has 0 saturated carbocycles. The summed E-state index contributed by atoms with van der Waals surface area (Å²) in [5.74, 6) is -2.29. The quantitative estimate of drug-likeness (QED) is 0.412. The fraction of sp³-hybridized carbons (Fsp3) is 0.438. The Bertz CT molecular complexity index is 706. The van der Waals surface area contributed by atoms with Gasteiger partial charge in [0.25, 0.3) is 11.6 Å². The first kappa shape index (κ1) is 21.4. The number of nitrogens with zero attached hydrogens (tertiary/aromatic N) is 1. The number of hydrogen-bond acceptors (Lipinski definition) is 7. The summed E-state index contributed by atoms with van der Waals surface area (Å²) in [5.41, 5.74) is -0.867. The van der Waals surface area contributed by atoms with Crippen LogP contribution in [0.4, 0.5) is 5.69 Å². The van der Waals surface area contributed by atoms with Gasteiger partial charge in [0.05, 0.1) is 12.0 Å². The van der Waals surface area contributed by atoms with Gasteiger partial charge in [-0.3, -0.25) is 14.9 Å². The lowest BCUT2D eigenvalue weighted by atomic mass is 10.0. The molecule has 0 aliphatic carbocycles. The third kappa shape index (κ3) is 6.32. The van der Waals surface area contributed by atoms with E-state index in [-0.39, 0.29) is 16.5 Å². The van der Waals surface area contributed by atoms with Gasteiger partial charge in [0, 0.05) is 11.1 Å². The molecule has 0 saturated heterocycles. The van der Waals surface area contributed by atoms with E-state index in [2.05, 4.69) is 10.1 Å². The van der Waals surface area contributed by atoms with Crippen LogP contribution in [0.1, 0.15) is 30.6 Å². The van der Waals surface area contributed by atoms with Crippen LogP contribution in [0.3, 0.4) is 0 Å². The second-order valence-corrected chi connectivity index (χ2v) is 6.20. The molecule has 142 valence electrons. The number of carbonyl (C=O) groups excluding carboxylic acids is 3. The van der Waals surface area contributed by atoms with Crippen molar-refractivity contribution in [2.75, 3.05) is 13.7 Å². The third-order valence-electron chi connectivity index (χ3n) is 3.24. The van der Waals surface area contributed by atoms with Gasteiger partial charge < -0.3 is 14.8 Å². The van der Waals surface area contributed by atoms with Crippen molar-refractivity contribution in [3.63, 3.8) is 0 Å². The zero-order valence-electron chi connectivity index (χ0n) is 14.5. The van der Waals surface area contributed by atoms with E-state index in [1.54, 1.807) is 0 Å². The van der Waals surface area contributed by atoms with E-state index in [0.29, 0.717) is 6.42 Å². The number of amides is 1. The topological polar surface area (TPSA) is 125 Å². The summed E-state index contributed by atoms with van der Waals surface area (Å²) in [4.78, 5) is 45.8. The van der Waals surface area contributed by atoms with E-state index in [0.717, 1.165) is 12.1 Å². The molecular weight excluding hydrogens is 368 g/mol. The molecule has 1 aromatic carbocycles. The van der Waals surface area contributed by atoms with Gasteiger partial charge in [0.1, 0.15) is 11.6 Å². The van der Waals surface area contributed by atoms with Gasteiger partial charge in [0.2, 0.25) is 0 Å². The first-order valence-corrected chi connectivity index (χ1v) is 8.01. The summed E-state index contributed by atoms with van der Waals surface area (Å²) in [7, 11) is 1.20. The van der Waals surface area contributed by atoms with E-state index in [1.165, 1.54) is 13.2 Å². The fourth-order valence-corrected chi connectivity index (χ4v) is 2.27. The lowest BCUT2D eigenvalue weighted by molar-refractivity contribution is -0.385. The third-order valence-corrected chi connectivity index (χ3v) is 3.47. The zero-order chi connectivity index (χ0) is 19.9. The Balaban J connectivity index is 2.73. The number of carbonyl (C=O) groups is 3. The molecule has 1 rings (SSSR count). The van der Waals surface area contributed by atoms with Crippen LogP contribution in [0.15, 0.2) is 18.2 Å². The zero-order valence-corrected chi connectivity index (χ0v) is 15.2. The van der Waals surface area contributed by atoms with Crippen LogP contribution in [0.5, 0.6) is 0 Å². The number of ether oxygens (including phenoxy) is 2. The van der Waals surface area contributed by atoms with E-state index < -0.39 is 41.1 Å². The highest BCUT2D eigenvalue weighted by Crippen LogP contribution is 2.23. The Morgan fingerprint density at radius 1 is 1.31 bits per heavy atom. The Hall–Kier alpha value is -2.68. The molecule has 0 radical (unpaired) electrons. The highest BCUT2D eigenvalue weighted by molar-refractivity contribution is 6.31. The maximum atomic E-state index is 12.0. The number of nitro groups is 1. The standard InChI is InChI=1S/C16H19ClN2O7/c1-9(2)6-12(16(22)25-3)18-14(20)8-26-15(21)11-5-4-10(17)7-13(11)19(23)24/h4-5,7,9,12H,6,8H2,1-3H3,(H,18,20). The molecule has 0 aliphatic heterocycles. The summed E-state index contributed by atoms with van der Waals surface area (Å²) in [6, 6.07) is 2.56. The molecule has 0 heterocycles. The van der Waals surface area contributed by atoms with Gasteiger partial charge in [0.15, 0.2) is 6.61 Å². The van der Waals surface area contributed by atoms with Crippen LogP contribution in [-0.2, 0) is 19.1 Å². The van der Waals surface area contributed by atoms with Gasteiger partial charge in [-0.25, -0.2) is 9.59 Å². The smallest absolute Gasteiger partial charge is 0.345 e. The highest BCUT2D eigenvalue weighted by Gasteiger charge is 2.25. The molecule has 10 heteroatoms. The molecular formula is C16H19ClN2O7. The number of esters is 2. The van der Waals surface area contributed by atoms with E-state index in [9.17, 15) is 24.5 Å². The highest BCUT2D eigenvalue weighted by atomic mass is 35.5. The second kappa shape index (κ2) is 9.71. The van der Waals surface area contributed by atoms with Crippen molar-refractivity contribution in [2.24, 2.45) is 5.92 Å². The molecule has 1 N–H and O–H groups in total. The van der Waals surface area contributed by atoms with Crippen molar-refractivity contribution < 1.29 is 28.8 Å². The molecule has 0 bridgehead atoms. The van der Waals surface area contributed by atoms with Gasteiger partial charge >= 0.3 is 11.9 Å². The average Bonchev–Trinajstić information content (AvgIpc) is 2.57. The van der Waals surface area contributed by atoms with Crippen molar-refractivity contribution in [3.05, 3.63) is 38.9 Å². The monoisotopic (exact) mass is 386 g/mol. The van der Waals surface area contributed by atoms with Crippen LogP contribution < -0.4 is 5.32 Å². The van der Waals surface area contributed by atoms with Crippen LogP contribution in [-0.4, -0.2) is 42.5 Å². The van der Waals surface area contributed by atoms with Crippen molar-refractivity contribution in [3.8, 4) is 0 Å². The van der Waals surface area contributed by atoms with Crippen molar-refractivity contribution in [1.82, 2.24) is 5.32 Å². The lowest BCUT2D eigenvalue weighted by Crippen LogP contribution is -2.44. The van der Waals surface area contributed by atoms with Gasteiger partial charge in [-0.1, -0.05) is 25.4 Å². The van der Waals surface area contributed by atoms with Crippen LogP contribution >= 0.6 is 11.6 Å². The first-order valence-electron chi connectivity index (χ1n) is 7.64. The summed E-state index contributed by atoms with van der Waals surface area (Å²) in [5, 5.41) is 13.5. The number of methoxy groups -OCH3 is 1. The Morgan fingerprint density at radius 3 is 2.50 bits per heavy atom. The molecule has 1 unspecified atom stereocenters. The summed E-state index contributed by atoms with van der Waals surface area (Å²) in [6.45, 7) is 3.02. The van der Waals surface area contributed by atoms with Crippen molar-refractivity contribution in [1.29, 1.82) is 0 Å². The van der Waals surface area contributed by atoms with Crippen LogP contribution in [0.25, 0.3) is 0 Å². The maximum absolute atomic E-state index is 12.0. The molecule has 1 amide bonds. The fourth-order valence-electron chi connectivity index (χ4n) is 2.10. The molecule has 0 spiro atoms. The van der Waals surface area contributed by atoms with E-state index >= 15 is 0 Å². The van der Waals surface area contributed by atoms with Gasteiger partial charge in [-0.05, 0) is 24.5 Å². The molecule has 1 aromatic rings. The van der Waals surface area contributed by atoms with E-state index in [4.69, 9.17) is 16.3 Å². The minimum Gasteiger partial charge on any atom is -0.467 e. The number of rotatable bonds is 8. The molecule has 0 fully saturated rings. The van der Waals surface area contributed by atoms with Crippen molar-refractivity contribution >= 4 is 35.1 Å². The van der Waals surface area contributed by atoms with Gasteiger partial charge in [-0.15, -0.1) is 0 Å². The van der Waals surface area contributed by atoms with E-state index in [1.807, 2.05) is 13.8 Å². The maximum Gasteiger partial charge on any atom is 0.345 e. The Kier molecular flexibility index (Phi) is 7.98. The number of halogens is 1. The molecule has 26 heavy (non-hydrogen) atoms. The SMILES string of the molecule is COC(=O)C(CC(C)C)NC(=O)COC(=O)c1ccc(Cl)cc1[N+](=O)[O-]. The number of hydrogen-bond donors (Lipinski definition) is 1. The molecule has 9 nitrogen and oxygen atoms in total. The Morgan fingerprint density at radius 2 is 1.96 bits per heavy atom.